The Morgan fingerprint density at radius 2 is 1.85 bits per heavy atom. The molecule has 2 aromatic heterocycles. The molecule has 0 fully saturated rings. The highest BCUT2D eigenvalue weighted by molar-refractivity contribution is 5.86. The molecule has 0 unspecified atom stereocenters. The minimum absolute atomic E-state index is 0.0428. The molecule has 0 spiro atoms. The van der Waals surface area contributed by atoms with E-state index in [4.69, 9.17) is 16.6 Å². The molecule has 0 aliphatic carbocycles. The highest BCUT2D eigenvalue weighted by Gasteiger charge is 2.26. The SMILES string of the molecule is Nc1nc(N)nc(Cn2nnc(C(=O)O)c2C(F)F)n1. The normalized spacial score (nSPS) is 10.9. The molecule has 5 N–H and O–H groups in total. The summed E-state index contributed by atoms with van der Waals surface area (Å²) in [5.41, 5.74) is 8.98. The Labute approximate surface area is 109 Å². The van der Waals surface area contributed by atoms with Gasteiger partial charge >= 0.3 is 5.97 Å². The van der Waals surface area contributed by atoms with Crippen LogP contribution in [0, 0.1) is 0 Å². The predicted octanol–water partition coefficient (Wildman–Crippen LogP) is -0.688. The number of carbonyl (C=O) groups is 1. The van der Waals surface area contributed by atoms with E-state index in [1.807, 2.05) is 0 Å². The van der Waals surface area contributed by atoms with E-state index in [2.05, 4.69) is 25.3 Å². The van der Waals surface area contributed by atoms with Gasteiger partial charge in [-0.1, -0.05) is 5.21 Å². The number of alkyl halides is 2. The second-order valence-corrected chi connectivity index (χ2v) is 3.55. The quantitative estimate of drug-likeness (QED) is 0.661. The standard InChI is InChI=1S/C8H8F2N8O2/c9-5(10)4-3(6(19)20)16-17-18(4)1-2-13-7(11)15-8(12)14-2/h5H,1H2,(H,19,20)(H4,11,12,13,14,15). The highest BCUT2D eigenvalue weighted by Crippen LogP contribution is 2.21. The van der Waals surface area contributed by atoms with Gasteiger partial charge in [-0.05, 0) is 0 Å². The molecule has 0 radical (unpaired) electrons. The lowest BCUT2D eigenvalue weighted by Crippen LogP contribution is -2.14. The third-order valence-corrected chi connectivity index (χ3v) is 2.19. The van der Waals surface area contributed by atoms with Crippen molar-refractivity contribution < 1.29 is 18.7 Å². The Morgan fingerprint density at radius 1 is 1.25 bits per heavy atom. The second kappa shape index (κ2) is 4.99. The number of nitrogen functional groups attached to an aromatic ring is 2. The summed E-state index contributed by atoms with van der Waals surface area (Å²) in [5, 5.41) is 15.3. The van der Waals surface area contributed by atoms with Crippen LogP contribution >= 0.6 is 0 Å². The average molecular weight is 286 g/mol. The molecule has 0 aromatic carbocycles. The summed E-state index contributed by atoms with van der Waals surface area (Å²) >= 11 is 0. The third kappa shape index (κ3) is 2.57. The minimum atomic E-state index is -3.08. The number of aromatic carboxylic acids is 1. The molecule has 0 saturated carbocycles. The lowest BCUT2D eigenvalue weighted by molar-refractivity contribution is 0.0675. The number of carboxylic acids is 1. The molecule has 106 valence electrons. The summed E-state index contributed by atoms with van der Waals surface area (Å²) in [6.07, 6.45) is -3.08. The van der Waals surface area contributed by atoms with Gasteiger partial charge in [-0.25, -0.2) is 18.3 Å². The number of nitrogens with two attached hydrogens (primary N) is 2. The van der Waals surface area contributed by atoms with Gasteiger partial charge in [-0.15, -0.1) is 5.10 Å². The molecule has 0 aliphatic heterocycles. The number of rotatable bonds is 4. The fourth-order valence-electron chi connectivity index (χ4n) is 1.47. The molecule has 2 rings (SSSR count). The van der Waals surface area contributed by atoms with E-state index in [1.54, 1.807) is 0 Å². The van der Waals surface area contributed by atoms with E-state index in [0.29, 0.717) is 4.68 Å². The van der Waals surface area contributed by atoms with Crippen molar-refractivity contribution in [3.05, 3.63) is 17.2 Å². The maximum absolute atomic E-state index is 12.9. The largest absolute Gasteiger partial charge is 0.476 e. The summed E-state index contributed by atoms with van der Waals surface area (Å²) < 4.78 is 26.4. The zero-order chi connectivity index (χ0) is 14.9. The van der Waals surface area contributed by atoms with Gasteiger partial charge in [0.15, 0.2) is 11.5 Å². The molecule has 20 heavy (non-hydrogen) atoms. The molecule has 0 bridgehead atoms. The van der Waals surface area contributed by atoms with Crippen LogP contribution in [0.25, 0.3) is 0 Å². The Morgan fingerprint density at radius 3 is 2.35 bits per heavy atom. The first kappa shape index (κ1) is 13.5. The number of hydrogen-bond donors (Lipinski definition) is 3. The van der Waals surface area contributed by atoms with Crippen molar-refractivity contribution in [1.29, 1.82) is 0 Å². The van der Waals surface area contributed by atoms with Crippen LogP contribution in [0.5, 0.6) is 0 Å². The highest BCUT2D eigenvalue weighted by atomic mass is 19.3. The molecular weight excluding hydrogens is 278 g/mol. The van der Waals surface area contributed by atoms with Gasteiger partial charge in [-0.2, -0.15) is 15.0 Å². The van der Waals surface area contributed by atoms with Crippen molar-refractivity contribution in [2.24, 2.45) is 0 Å². The molecular formula is C8H8F2N8O2. The van der Waals surface area contributed by atoms with Crippen LogP contribution in [0.15, 0.2) is 0 Å². The Bertz CT molecular complexity index is 638. The monoisotopic (exact) mass is 286 g/mol. The van der Waals surface area contributed by atoms with Gasteiger partial charge in [0.25, 0.3) is 6.43 Å². The van der Waals surface area contributed by atoms with Crippen molar-refractivity contribution in [3.8, 4) is 0 Å². The lowest BCUT2D eigenvalue weighted by Gasteiger charge is -2.05. The first-order chi connectivity index (χ1) is 9.38. The first-order valence-corrected chi connectivity index (χ1v) is 5.09. The summed E-state index contributed by atoms with van der Waals surface area (Å²) in [5.74, 6) is -2.03. The number of hydrogen-bond acceptors (Lipinski definition) is 8. The predicted molar refractivity (Wildman–Crippen MR) is 59.7 cm³/mol. The van der Waals surface area contributed by atoms with Crippen molar-refractivity contribution in [1.82, 2.24) is 29.9 Å². The van der Waals surface area contributed by atoms with E-state index in [9.17, 15) is 13.6 Å². The molecule has 0 amide bonds. The Balaban J connectivity index is 2.41. The Kier molecular flexibility index (Phi) is 3.37. The number of anilines is 2. The van der Waals surface area contributed by atoms with E-state index in [-0.39, 0.29) is 24.3 Å². The minimum Gasteiger partial charge on any atom is -0.476 e. The fourth-order valence-corrected chi connectivity index (χ4v) is 1.47. The molecule has 0 aliphatic rings. The number of aromatic nitrogens is 6. The zero-order valence-electron chi connectivity index (χ0n) is 9.73. The molecule has 0 saturated heterocycles. The fraction of sp³-hybridized carbons (Fsp3) is 0.250. The zero-order valence-corrected chi connectivity index (χ0v) is 9.73. The Hall–Kier alpha value is -2.92. The molecule has 0 atom stereocenters. The third-order valence-electron chi connectivity index (χ3n) is 2.19. The smallest absolute Gasteiger partial charge is 0.358 e. The van der Waals surface area contributed by atoms with Crippen LogP contribution in [0.2, 0.25) is 0 Å². The van der Waals surface area contributed by atoms with Crippen molar-refractivity contribution >= 4 is 17.9 Å². The van der Waals surface area contributed by atoms with E-state index >= 15 is 0 Å². The second-order valence-electron chi connectivity index (χ2n) is 3.55. The molecule has 10 nitrogen and oxygen atoms in total. The number of nitrogens with zero attached hydrogens (tertiary/aromatic N) is 6. The van der Waals surface area contributed by atoms with Gasteiger partial charge in [0.1, 0.15) is 12.2 Å². The van der Waals surface area contributed by atoms with E-state index in [1.165, 1.54) is 0 Å². The van der Waals surface area contributed by atoms with Crippen LogP contribution in [0.3, 0.4) is 0 Å². The summed E-state index contributed by atoms with van der Waals surface area (Å²) in [7, 11) is 0. The number of carboxylic acid groups (broad SMARTS) is 1. The van der Waals surface area contributed by atoms with Crippen LogP contribution in [-0.4, -0.2) is 41.0 Å². The maximum Gasteiger partial charge on any atom is 0.358 e. The average Bonchev–Trinajstić information content (AvgIpc) is 2.71. The first-order valence-electron chi connectivity index (χ1n) is 5.09. The van der Waals surface area contributed by atoms with Crippen molar-refractivity contribution in [2.45, 2.75) is 13.0 Å². The summed E-state index contributed by atoms with van der Waals surface area (Å²) in [6, 6.07) is 0. The van der Waals surface area contributed by atoms with Gasteiger partial charge < -0.3 is 16.6 Å². The van der Waals surface area contributed by atoms with Gasteiger partial charge in [-0.3, -0.25) is 0 Å². The maximum atomic E-state index is 12.9. The van der Waals surface area contributed by atoms with E-state index < -0.39 is 23.8 Å². The molecule has 2 heterocycles. The van der Waals surface area contributed by atoms with Crippen molar-refractivity contribution in [3.63, 3.8) is 0 Å². The van der Waals surface area contributed by atoms with Crippen LogP contribution < -0.4 is 11.5 Å². The van der Waals surface area contributed by atoms with Crippen molar-refractivity contribution in [2.75, 3.05) is 11.5 Å². The molecule has 2 aromatic rings. The summed E-state index contributed by atoms with van der Waals surface area (Å²) in [6.45, 7) is -0.364. The van der Waals surface area contributed by atoms with Crippen LogP contribution in [0.4, 0.5) is 20.7 Å². The van der Waals surface area contributed by atoms with Crippen LogP contribution in [0.1, 0.15) is 28.4 Å². The molecule has 12 heteroatoms. The summed E-state index contributed by atoms with van der Waals surface area (Å²) in [4.78, 5) is 21.6. The number of halogens is 2. The topological polar surface area (TPSA) is 159 Å². The van der Waals surface area contributed by atoms with Gasteiger partial charge in [0, 0.05) is 0 Å². The van der Waals surface area contributed by atoms with Gasteiger partial charge in [0.05, 0.1) is 0 Å². The van der Waals surface area contributed by atoms with Gasteiger partial charge in [0.2, 0.25) is 11.9 Å². The lowest BCUT2D eigenvalue weighted by atomic mass is 10.3. The van der Waals surface area contributed by atoms with Crippen LogP contribution in [-0.2, 0) is 6.54 Å². The van der Waals surface area contributed by atoms with E-state index in [0.717, 1.165) is 0 Å².